The minimum atomic E-state index is -0.210. The van der Waals surface area contributed by atoms with E-state index in [4.69, 9.17) is 5.73 Å². The SMILES string of the molecule is NCCCc1cccc(CCCC(O)I)c1. The van der Waals surface area contributed by atoms with Gasteiger partial charge in [-0.05, 0) is 49.8 Å². The highest BCUT2D eigenvalue weighted by molar-refractivity contribution is 14.1. The molecule has 0 bridgehead atoms. The maximum Gasteiger partial charge on any atom is 0.105 e. The van der Waals surface area contributed by atoms with Crippen LogP contribution in [0.3, 0.4) is 0 Å². The number of benzene rings is 1. The van der Waals surface area contributed by atoms with Crippen LogP contribution >= 0.6 is 22.6 Å². The topological polar surface area (TPSA) is 46.2 Å². The Morgan fingerprint density at radius 1 is 1.19 bits per heavy atom. The third-order valence-electron chi connectivity index (χ3n) is 2.57. The Bertz CT molecular complexity index is 302. The number of hydrogen-bond acceptors (Lipinski definition) is 2. The zero-order valence-electron chi connectivity index (χ0n) is 9.53. The predicted molar refractivity (Wildman–Crippen MR) is 76.8 cm³/mol. The van der Waals surface area contributed by atoms with E-state index in [1.54, 1.807) is 0 Å². The summed E-state index contributed by atoms with van der Waals surface area (Å²) in [6.07, 6.45) is 5.09. The third-order valence-corrected chi connectivity index (χ3v) is 3.19. The number of rotatable bonds is 7. The van der Waals surface area contributed by atoms with Crippen molar-refractivity contribution in [2.24, 2.45) is 5.73 Å². The molecule has 0 aromatic heterocycles. The van der Waals surface area contributed by atoms with Crippen LogP contribution in [0.15, 0.2) is 24.3 Å². The molecule has 3 heteroatoms. The minimum Gasteiger partial charge on any atom is -0.383 e. The van der Waals surface area contributed by atoms with Gasteiger partial charge < -0.3 is 10.8 Å². The van der Waals surface area contributed by atoms with Gasteiger partial charge in [0.25, 0.3) is 0 Å². The summed E-state index contributed by atoms with van der Waals surface area (Å²) in [4.78, 5) is 0. The molecule has 0 radical (unpaired) electrons. The quantitative estimate of drug-likeness (QED) is 0.595. The van der Waals surface area contributed by atoms with Crippen LogP contribution in [0.1, 0.15) is 30.4 Å². The molecule has 1 unspecified atom stereocenters. The van der Waals surface area contributed by atoms with Gasteiger partial charge in [0.1, 0.15) is 4.11 Å². The lowest BCUT2D eigenvalue weighted by atomic mass is 10.0. The molecule has 0 spiro atoms. The van der Waals surface area contributed by atoms with Gasteiger partial charge >= 0.3 is 0 Å². The van der Waals surface area contributed by atoms with Crippen molar-refractivity contribution >= 4 is 22.6 Å². The van der Waals surface area contributed by atoms with Crippen molar-refractivity contribution < 1.29 is 5.11 Å². The van der Waals surface area contributed by atoms with Crippen LogP contribution in [0.25, 0.3) is 0 Å². The summed E-state index contributed by atoms with van der Waals surface area (Å²) >= 11 is 2.05. The number of hydrogen-bond donors (Lipinski definition) is 2. The first kappa shape index (κ1) is 13.9. The molecule has 3 N–H and O–H groups in total. The van der Waals surface area contributed by atoms with Crippen LogP contribution in [0.5, 0.6) is 0 Å². The molecule has 1 atom stereocenters. The van der Waals surface area contributed by atoms with Gasteiger partial charge in [-0.1, -0.05) is 46.9 Å². The van der Waals surface area contributed by atoms with Crippen molar-refractivity contribution in [3.8, 4) is 0 Å². The Balaban J connectivity index is 2.40. The fourth-order valence-corrected chi connectivity index (χ4v) is 2.16. The van der Waals surface area contributed by atoms with Crippen molar-refractivity contribution in [2.75, 3.05) is 6.54 Å². The number of aryl methyl sites for hydroxylation is 2. The summed E-state index contributed by atoms with van der Waals surface area (Å²) in [5, 5.41) is 9.17. The Morgan fingerprint density at radius 2 is 1.81 bits per heavy atom. The van der Waals surface area contributed by atoms with E-state index in [0.29, 0.717) is 0 Å². The van der Waals surface area contributed by atoms with Gasteiger partial charge in [0.05, 0.1) is 0 Å². The zero-order chi connectivity index (χ0) is 11.8. The molecule has 0 heterocycles. The molecular formula is C13H20INO. The lowest BCUT2D eigenvalue weighted by Gasteiger charge is -2.05. The molecule has 0 aliphatic heterocycles. The molecule has 0 fully saturated rings. The average Bonchev–Trinajstić information content (AvgIpc) is 2.26. The monoisotopic (exact) mass is 333 g/mol. The zero-order valence-corrected chi connectivity index (χ0v) is 11.7. The number of halogens is 1. The highest BCUT2D eigenvalue weighted by Gasteiger charge is 1.99. The molecule has 0 amide bonds. The molecular weight excluding hydrogens is 313 g/mol. The molecule has 16 heavy (non-hydrogen) atoms. The van der Waals surface area contributed by atoms with Crippen LogP contribution < -0.4 is 5.73 Å². The highest BCUT2D eigenvalue weighted by atomic mass is 127. The summed E-state index contributed by atoms with van der Waals surface area (Å²) in [5.74, 6) is 0. The summed E-state index contributed by atoms with van der Waals surface area (Å²) in [6, 6.07) is 8.69. The van der Waals surface area contributed by atoms with Crippen molar-refractivity contribution in [3.63, 3.8) is 0 Å². The highest BCUT2D eigenvalue weighted by Crippen LogP contribution is 2.12. The van der Waals surface area contributed by atoms with E-state index in [2.05, 4.69) is 46.9 Å². The van der Waals surface area contributed by atoms with E-state index < -0.39 is 0 Å². The number of aliphatic hydroxyl groups is 1. The minimum absolute atomic E-state index is 0.210. The van der Waals surface area contributed by atoms with Crippen LogP contribution in [0.4, 0.5) is 0 Å². The number of nitrogens with two attached hydrogens (primary N) is 1. The lowest BCUT2D eigenvalue weighted by Crippen LogP contribution is -2.01. The normalized spacial score (nSPS) is 12.7. The standard InChI is InChI=1S/C13H20INO/c14-13(16)8-2-6-11-4-1-5-12(10-11)7-3-9-15/h1,4-5,10,13,16H,2-3,6-9,15H2. The van der Waals surface area contributed by atoms with Gasteiger partial charge in [0.15, 0.2) is 0 Å². The maximum absolute atomic E-state index is 9.17. The van der Waals surface area contributed by atoms with E-state index in [1.165, 1.54) is 11.1 Å². The van der Waals surface area contributed by atoms with Gasteiger partial charge in [0, 0.05) is 0 Å². The van der Waals surface area contributed by atoms with Crippen LogP contribution in [-0.4, -0.2) is 15.8 Å². The van der Waals surface area contributed by atoms with E-state index in [-0.39, 0.29) is 4.11 Å². The molecule has 0 saturated carbocycles. The fourth-order valence-electron chi connectivity index (χ4n) is 1.72. The molecule has 1 aromatic carbocycles. The smallest absolute Gasteiger partial charge is 0.105 e. The summed E-state index contributed by atoms with van der Waals surface area (Å²) in [7, 11) is 0. The van der Waals surface area contributed by atoms with E-state index in [9.17, 15) is 5.11 Å². The second-order valence-corrected chi connectivity index (χ2v) is 5.48. The van der Waals surface area contributed by atoms with E-state index in [0.717, 1.165) is 38.6 Å². The fraction of sp³-hybridized carbons (Fsp3) is 0.538. The Labute approximate surface area is 111 Å². The Kier molecular flexibility index (Phi) is 7.00. The van der Waals surface area contributed by atoms with Crippen LogP contribution in [0.2, 0.25) is 0 Å². The first-order valence-corrected chi connectivity index (χ1v) is 7.07. The summed E-state index contributed by atoms with van der Waals surface area (Å²) in [6.45, 7) is 0.755. The molecule has 1 rings (SSSR count). The second-order valence-electron chi connectivity index (χ2n) is 4.04. The second kappa shape index (κ2) is 8.03. The molecule has 0 aliphatic rings. The summed E-state index contributed by atoms with van der Waals surface area (Å²) in [5.41, 5.74) is 8.24. The average molecular weight is 333 g/mol. The third kappa shape index (κ3) is 5.82. The van der Waals surface area contributed by atoms with Gasteiger partial charge in [-0.25, -0.2) is 0 Å². The largest absolute Gasteiger partial charge is 0.383 e. The van der Waals surface area contributed by atoms with Crippen molar-refractivity contribution in [1.29, 1.82) is 0 Å². The predicted octanol–water partition coefficient (Wildman–Crippen LogP) is 2.65. The molecule has 2 nitrogen and oxygen atoms in total. The lowest BCUT2D eigenvalue weighted by molar-refractivity contribution is 0.265. The van der Waals surface area contributed by atoms with E-state index in [1.807, 2.05) is 0 Å². The van der Waals surface area contributed by atoms with Crippen LogP contribution in [-0.2, 0) is 12.8 Å². The van der Waals surface area contributed by atoms with Gasteiger partial charge in [0.2, 0.25) is 0 Å². The van der Waals surface area contributed by atoms with Crippen LogP contribution in [0, 0.1) is 0 Å². The molecule has 0 aliphatic carbocycles. The maximum atomic E-state index is 9.17. The van der Waals surface area contributed by atoms with Gasteiger partial charge in [-0.3, -0.25) is 0 Å². The first-order chi connectivity index (χ1) is 7.72. The van der Waals surface area contributed by atoms with Gasteiger partial charge in [-0.2, -0.15) is 0 Å². The van der Waals surface area contributed by atoms with Crippen molar-refractivity contribution in [1.82, 2.24) is 0 Å². The number of alkyl halides is 1. The van der Waals surface area contributed by atoms with E-state index >= 15 is 0 Å². The molecule has 90 valence electrons. The first-order valence-electron chi connectivity index (χ1n) is 5.82. The molecule has 0 saturated heterocycles. The molecule has 1 aromatic rings. The van der Waals surface area contributed by atoms with Crippen molar-refractivity contribution in [3.05, 3.63) is 35.4 Å². The number of aliphatic hydroxyl groups excluding tert-OH is 1. The van der Waals surface area contributed by atoms with Gasteiger partial charge in [-0.15, -0.1) is 0 Å². The summed E-state index contributed by atoms with van der Waals surface area (Å²) < 4.78 is -0.210. The Hall–Kier alpha value is -0.130. The van der Waals surface area contributed by atoms with Crippen molar-refractivity contribution in [2.45, 2.75) is 36.2 Å². The Morgan fingerprint density at radius 3 is 2.38 bits per heavy atom.